The van der Waals surface area contributed by atoms with Crippen molar-refractivity contribution < 1.29 is 22.8 Å². The summed E-state index contributed by atoms with van der Waals surface area (Å²) >= 11 is 5.97. The van der Waals surface area contributed by atoms with Crippen LogP contribution in [-0.2, 0) is 26.2 Å². The Bertz CT molecular complexity index is 1170. The second kappa shape index (κ2) is 11.0. The molecule has 0 saturated carbocycles. The number of halogens is 1. The van der Waals surface area contributed by atoms with Crippen LogP contribution in [0.2, 0.25) is 5.02 Å². The zero-order valence-electron chi connectivity index (χ0n) is 19.2. The molecule has 34 heavy (non-hydrogen) atoms. The van der Waals surface area contributed by atoms with Gasteiger partial charge in [0, 0.05) is 18.1 Å². The van der Waals surface area contributed by atoms with E-state index in [2.05, 4.69) is 5.32 Å². The fourth-order valence-corrected chi connectivity index (χ4v) is 5.46. The number of nitrogens with one attached hydrogen (secondary N) is 1. The Morgan fingerprint density at radius 1 is 1.09 bits per heavy atom. The van der Waals surface area contributed by atoms with Crippen molar-refractivity contribution in [2.75, 3.05) is 13.1 Å². The number of carbonyl (C=O) groups is 3. The molecule has 0 fully saturated rings. The molecular formula is C24H28ClN3O5S. The third-order valence-corrected chi connectivity index (χ3v) is 7.71. The van der Waals surface area contributed by atoms with Crippen LogP contribution < -0.4 is 5.32 Å². The normalized spacial score (nSPS) is 15.0. The number of carbonyl (C=O) groups excluding carboxylic acids is 3. The molecule has 1 aliphatic heterocycles. The largest absolute Gasteiger partial charge is 0.354 e. The third kappa shape index (κ3) is 5.42. The molecule has 0 saturated heterocycles. The van der Waals surface area contributed by atoms with Crippen molar-refractivity contribution in [2.45, 2.75) is 50.6 Å². The van der Waals surface area contributed by atoms with Gasteiger partial charge in [-0.25, -0.2) is 12.7 Å². The van der Waals surface area contributed by atoms with Gasteiger partial charge in [-0.3, -0.25) is 14.4 Å². The predicted octanol–water partition coefficient (Wildman–Crippen LogP) is 3.21. The first-order valence-electron chi connectivity index (χ1n) is 11.2. The Morgan fingerprint density at radius 2 is 1.76 bits per heavy atom. The van der Waals surface area contributed by atoms with E-state index < -0.39 is 34.4 Å². The van der Waals surface area contributed by atoms with Crippen molar-refractivity contribution in [3.63, 3.8) is 0 Å². The minimum Gasteiger partial charge on any atom is -0.354 e. The van der Waals surface area contributed by atoms with E-state index in [0.29, 0.717) is 22.3 Å². The summed E-state index contributed by atoms with van der Waals surface area (Å²) in [6, 6.07) is 11.8. The Labute approximate surface area is 204 Å². The first-order valence-corrected chi connectivity index (χ1v) is 13.0. The van der Waals surface area contributed by atoms with E-state index in [1.54, 1.807) is 37.3 Å². The van der Waals surface area contributed by atoms with Gasteiger partial charge in [-0.15, -0.1) is 0 Å². The van der Waals surface area contributed by atoms with E-state index in [1.165, 1.54) is 23.1 Å². The number of benzene rings is 2. The van der Waals surface area contributed by atoms with Gasteiger partial charge in [0.2, 0.25) is 11.8 Å². The van der Waals surface area contributed by atoms with Gasteiger partial charge in [-0.1, -0.05) is 56.1 Å². The van der Waals surface area contributed by atoms with Crippen molar-refractivity contribution >= 4 is 39.3 Å². The van der Waals surface area contributed by atoms with Crippen LogP contribution in [0.3, 0.4) is 0 Å². The summed E-state index contributed by atoms with van der Waals surface area (Å²) in [6.45, 7) is 3.63. The second-order valence-corrected chi connectivity index (χ2v) is 10.3. The number of sulfonamides is 1. The Balaban J connectivity index is 1.89. The highest BCUT2D eigenvalue weighted by molar-refractivity contribution is 7.90. The Hall–Kier alpha value is -2.91. The molecule has 10 heteroatoms. The number of fused-ring (bicyclic) bond motifs is 1. The van der Waals surface area contributed by atoms with E-state index in [1.807, 2.05) is 6.92 Å². The molecule has 0 spiro atoms. The molecule has 3 rings (SSSR count). The van der Waals surface area contributed by atoms with E-state index in [9.17, 15) is 22.8 Å². The molecule has 1 heterocycles. The van der Waals surface area contributed by atoms with Gasteiger partial charge >= 0.3 is 0 Å². The van der Waals surface area contributed by atoms with Gasteiger partial charge in [0.05, 0.1) is 5.56 Å². The van der Waals surface area contributed by atoms with E-state index in [4.69, 9.17) is 11.6 Å². The molecule has 1 atom stereocenters. The average Bonchev–Trinajstić information content (AvgIpc) is 3.01. The highest BCUT2D eigenvalue weighted by Crippen LogP contribution is 2.30. The molecular weight excluding hydrogens is 478 g/mol. The topological polar surface area (TPSA) is 104 Å². The summed E-state index contributed by atoms with van der Waals surface area (Å²) in [5.74, 6) is -1.72. The second-order valence-electron chi connectivity index (χ2n) is 8.03. The Morgan fingerprint density at radius 3 is 2.38 bits per heavy atom. The molecule has 0 aliphatic carbocycles. The molecule has 0 radical (unpaired) electrons. The van der Waals surface area contributed by atoms with Gasteiger partial charge in [0.1, 0.15) is 17.5 Å². The minimum absolute atomic E-state index is 0.0314. The van der Waals surface area contributed by atoms with Crippen LogP contribution in [0.25, 0.3) is 0 Å². The van der Waals surface area contributed by atoms with Crippen LogP contribution in [-0.4, -0.2) is 54.5 Å². The molecule has 3 amide bonds. The lowest BCUT2D eigenvalue weighted by Crippen LogP contribution is -2.52. The van der Waals surface area contributed by atoms with Crippen LogP contribution in [0, 0.1) is 0 Å². The van der Waals surface area contributed by atoms with Crippen molar-refractivity contribution in [2.24, 2.45) is 0 Å². The minimum atomic E-state index is -4.15. The smallest absolute Gasteiger partial charge is 0.269 e. The summed E-state index contributed by atoms with van der Waals surface area (Å²) in [6.07, 6.45) is 2.02. The van der Waals surface area contributed by atoms with Crippen molar-refractivity contribution in [1.82, 2.24) is 14.5 Å². The average molecular weight is 506 g/mol. The fraction of sp³-hybridized carbons (Fsp3) is 0.375. The van der Waals surface area contributed by atoms with Gasteiger partial charge in [-0.2, -0.15) is 0 Å². The highest BCUT2D eigenvalue weighted by atomic mass is 35.5. The number of rotatable bonds is 10. The fourth-order valence-electron chi connectivity index (χ4n) is 3.81. The van der Waals surface area contributed by atoms with E-state index >= 15 is 0 Å². The first kappa shape index (κ1) is 25.7. The van der Waals surface area contributed by atoms with Crippen LogP contribution in [0.1, 0.15) is 49.0 Å². The van der Waals surface area contributed by atoms with Gasteiger partial charge in [-0.05, 0) is 42.7 Å². The van der Waals surface area contributed by atoms with Crippen LogP contribution in [0.4, 0.5) is 0 Å². The molecule has 8 nitrogen and oxygen atoms in total. The van der Waals surface area contributed by atoms with Crippen molar-refractivity contribution in [3.8, 4) is 0 Å². The molecule has 2 aromatic rings. The van der Waals surface area contributed by atoms with Gasteiger partial charge < -0.3 is 10.2 Å². The summed E-state index contributed by atoms with van der Waals surface area (Å²) in [4.78, 5) is 40.4. The lowest BCUT2D eigenvalue weighted by molar-refractivity contribution is -0.141. The van der Waals surface area contributed by atoms with Crippen LogP contribution in [0.15, 0.2) is 53.4 Å². The summed E-state index contributed by atoms with van der Waals surface area (Å²) in [5.41, 5.74) is 0.750. The molecule has 1 N–H and O–H groups in total. The summed E-state index contributed by atoms with van der Waals surface area (Å²) in [7, 11) is -4.15. The monoisotopic (exact) mass is 505 g/mol. The molecule has 1 aliphatic rings. The van der Waals surface area contributed by atoms with Crippen LogP contribution >= 0.6 is 11.6 Å². The molecule has 2 aromatic carbocycles. The maximum absolute atomic E-state index is 13.5. The van der Waals surface area contributed by atoms with Crippen molar-refractivity contribution in [1.29, 1.82) is 0 Å². The maximum Gasteiger partial charge on any atom is 0.269 e. The first-order chi connectivity index (χ1) is 16.2. The predicted molar refractivity (Wildman–Crippen MR) is 129 cm³/mol. The lowest BCUT2D eigenvalue weighted by Gasteiger charge is -2.31. The van der Waals surface area contributed by atoms with E-state index in [-0.39, 0.29) is 22.9 Å². The van der Waals surface area contributed by atoms with Gasteiger partial charge in [0.15, 0.2) is 0 Å². The van der Waals surface area contributed by atoms with Crippen LogP contribution in [0.5, 0.6) is 0 Å². The molecule has 0 aromatic heterocycles. The number of hydrogen-bond donors (Lipinski definition) is 1. The number of nitrogens with zero attached hydrogens (tertiary/aromatic N) is 2. The summed E-state index contributed by atoms with van der Waals surface area (Å²) < 4.78 is 26.5. The number of unbranched alkanes of at least 4 members (excludes halogenated alkanes) is 1. The van der Waals surface area contributed by atoms with Crippen molar-refractivity contribution in [3.05, 3.63) is 64.7 Å². The quantitative estimate of drug-likeness (QED) is 0.499. The number of amides is 3. The highest BCUT2D eigenvalue weighted by Gasteiger charge is 2.43. The molecule has 1 unspecified atom stereocenters. The number of hydrogen-bond acceptors (Lipinski definition) is 5. The summed E-state index contributed by atoms with van der Waals surface area (Å²) in [5, 5.41) is 3.37. The Kier molecular flexibility index (Phi) is 8.33. The van der Waals surface area contributed by atoms with Gasteiger partial charge in [0.25, 0.3) is 15.9 Å². The van der Waals surface area contributed by atoms with E-state index in [0.717, 1.165) is 18.4 Å². The SMILES string of the molecule is CCCCNC(=O)C(CC)N(Cc1ccc(Cl)cc1)C(=O)CN1C(=O)c2ccccc2S1(=O)=O. The lowest BCUT2D eigenvalue weighted by atomic mass is 10.1. The molecule has 0 bridgehead atoms. The zero-order chi connectivity index (χ0) is 24.9. The zero-order valence-corrected chi connectivity index (χ0v) is 20.7. The standard InChI is InChI=1S/C24H28ClN3O5S/c1-3-5-14-26-23(30)20(4-2)27(15-17-10-12-18(25)13-11-17)22(29)16-28-24(31)19-8-6-7-9-21(19)34(28,32)33/h6-13,20H,3-5,14-16H2,1-2H3,(H,26,30). The third-order valence-electron chi connectivity index (χ3n) is 5.67. The molecule has 182 valence electrons. The maximum atomic E-state index is 13.5.